The van der Waals surface area contributed by atoms with Gasteiger partial charge in [-0.15, -0.1) is 0 Å². The lowest BCUT2D eigenvalue weighted by Gasteiger charge is -2.16. The summed E-state index contributed by atoms with van der Waals surface area (Å²) in [6.07, 6.45) is 1.16. The third kappa shape index (κ3) is 1.71. The molecule has 0 aliphatic carbocycles. The molecular weight excluding hydrogens is 264 g/mol. The van der Waals surface area contributed by atoms with Crippen molar-refractivity contribution in [3.05, 3.63) is 17.8 Å². The number of rotatable bonds is 1. The summed E-state index contributed by atoms with van der Waals surface area (Å²) < 4.78 is 22.5. The minimum Gasteiger partial charge on any atom is -0.299 e. The van der Waals surface area contributed by atoms with Gasteiger partial charge in [0.2, 0.25) is 5.91 Å². The Kier molecular flexibility index (Phi) is 2.48. The summed E-state index contributed by atoms with van der Waals surface area (Å²) in [4.78, 5) is 17.3. The largest absolute Gasteiger partial charge is 0.299 e. The summed E-state index contributed by atoms with van der Waals surface area (Å²) in [7, 11) is 3.04. The van der Waals surface area contributed by atoms with Crippen molar-refractivity contribution in [2.75, 3.05) is 11.9 Å². The van der Waals surface area contributed by atoms with Gasteiger partial charge in [0, 0.05) is 29.5 Å². The number of nitrogens with zero attached hydrogens (tertiary/aromatic N) is 2. The highest BCUT2D eigenvalue weighted by Gasteiger charge is 2.43. The third-order valence-electron chi connectivity index (χ3n) is 2.95. The topological polar surface area (TPSA) is 67.3 Å². The highest BCUT2D eigenvalue weighted by Crippen LogP contribution is 2.40. The van der Waals surface area contributed by atoms with E-state index < -0.39 is 14.5 Å². The molecule has 17 heavy (non-hydrogen) atoms. The summed E-state index contributed by atoms with van der Waals surface area (Å²) >= 11 is 0. The normalized spacial score (nSPS) is 18.4. The van der Waals surface area contributed by atoms with Crippen LogP contribution in [0.5, 0.6) is 0 Å². The zero-order chi connectivity index (χ0) is 13.0. The number of halogens is 1. The van der Waals surface area contributed by atoms with E-state index in [1.54, 1.807) is 20.9 Å². The Morgan fingerprint density at radius 3 is 2.53 bits per heavy atom. The highest BCUT2D eigenvalue weighted by molar-refractivity contribution is 8.13. The first-order valence-electron chi connectivity index (χ1n) is 4.89. The van der Waals surface area contributed by atoms with Gasteiger partial charge < -0.3 is 0 Å². The second kappa shape index (κ2) is 3.43. The van der Waals surface area contributed by atoms with Gasteiger partial charge in [-0.1, -0.05) is 0 Å². The number of hydrogen-bond acceptors (Lipinski definition) is 4. The molecule has 1 aliphatic heterocycles. The van der Waals surface area contributed by atoms with Gasteiger partial charge in [0.15, 0.2) is 0 Å². The Balaban J connectivity index is 2.71. The molecule has 1 amide bonds. The second-order valence-electron chi connectivity index (χ2n) is 4.47. The van der Waals surface area contributed by atoms with Gasteiger partial charge in [-0.25, -0.2) is 13.4 Å². The number of fused-ring (bicyclic) bond motifs is 1. The van der Waals surface area contributed by atoms with Crippen molar-refractivity contribution in [3.8, 4) is 0 Å². The monoisotopic (exact) mass is 274 g/mol. The van der Waals surface area contributed by atoms with Gasteiger partial charge in [-0.05, 0) is 19.9 Å². The number of carbonyl (C=O) groups excluding carboxylic acids is 1. The van der Waals surface area contributed by atoms with Crippen LogP contribution in [0.1, 0.15) is 19.4 Å². The molecule has 0 saturated carbocycles. The predicted molar refractivity (Wildman–Crippen MR) is 63.7 cm³/mol. The number of likely N-dealkylation sites (N-methyl/N-ethyl adjacent to an activating group) is 1. The van der Waals surface area contributed by atoms with E-state index in [1.165, 1.54) is 11.0 Å². The minimum atomic E-state index is -3.83. The molecule has 7 heteroatoms. The third-order valence-corrected chi connectivity index (χ3v) is 4.27. The average molecular weight is 275 g/mol. The Labute approximate surface area is 104 Å². The maximum atomic E-state index is 11.9. The zero-order valence-corrected chi connectivity index (χ0v) is 11.1. The van der Waals surface area contributed by atoms with E-state index in [1.807, 2.05) is 0 Å². The van der Waals surface area contributed by atoms with Crippen molar-refractivity contribution in [2.24, 2.45) is 0 Å². The lowest BCUT2D eigenvalue weighted by molar-refractivity contribution is -0.121. The van der Waals surface area contributed by atoms with Gasteiger partial charge in [0.1, 0.15) is 10.7 Å². The highest BCUT2D eigenvalue weighted by atomic mass is 35.7. The van der Waals surface area contributed by atoms with Crippen LogP contribution in [0, 0.1) is 0 Å². The van der Waals surface area contributed by atoms with Crippen LogP contribution in [-0.2, 0) is 19.3 Å². The number of anilines is 1. The molecule has 1 aromatic heterocycles. The van der Waals surface area contributed by atoms with Crippen molar-refractivity contribution >= 4 is 31.5 Å². The van der Waals surface area contributed by atoms with Crippen molar-refractivity contribution in [3.63, 3.8) is 0 Å². The van der Waals surface area contributed by atoms with E-state index in [2.05, 4.69) is 4.98 Å². The van der Waals surface area contributed by atoms with Crippen molar-refractivity contribution in [1.82, 2.24) is 4.98 Å². The molecule has 0 atom stereocenters. The molecule has 0 unspecified atom stereocenters. The summed E-state index contributed by atoms with van der Waals surface area (Å²) in [5.41, 5.74) is -0.207. The van der Waals surface area contributed by atoms with Crippen LogP contribution in [0.2, 0.25) is 0 Å². The smallest absolute Gasteiger partial charge is 0.262 e. The SMILES string of the molecule is CN1C(=O)C(C)(C)c2cc(S(=O)(=O)Cl)cnc21. The average Bonchev–Trinajstić information content (AvgIpc) is 2.39. The molecule has 1 aliphatic rings. The molecule has 0 spiro atoms. The van der Waals surface area contributed by atoms with Gasteiger partial charge in [-0.2, -0.15) is 0 Å². The molecule has 1 aromatic rings. The molecule has 0 aromatic carbocycles. The Morgan fingerprint density at radius 1 is 1.41 bits per heavy atom. The van der Waals surface area contributed by atoms with E-state index in [0.29, 0.717) is 11.4 Å². The fraction of sp³-hybridized carbons (Fsp3) is 0.400. The lowest BCUT2D eigenvalue weighted by Crippen LogP contribution is -2.33. The van der Waals surface area contributed by atoms with Gasteiger partial charge in [-0.3, -0.25) is 9.69 Å². The molecule has 0 bridgehead atoms. The molecule has 92 valence electrons. The number of amides is 1. The molecule has 0 saturated heterocycles. The Bertz CT molecular complexity index is 610. The molecule has 5 nitrogen and oxygen atoms in total. The summed E-state index contributed by atoms with van der Waals surface area (Å²) in [5, 5.41) is 0. The minimum absolute atomic E-state index is 0.0888. The van der Waals surface area contributed by atoms with E-state index in [9.17, 15) is 13.2 Å². The Hall–Kier alpha value is -1.14. The molecule has 2 heterocycles. The summed E-state index contributed by atoms with van der Waals surface area (Å²) in [5.74, 6) is 0.355. The van der Waals surface area contributed by atoms with E-state index in [4.69, 9.17) is 10.7 Å². The lowest BCUT2D eigenvalue weighted by atomic mass is 9.87. The zero-order valence-electron chi connectivity index (χ0n) is 9.56. The maximum Gasteiger partial charge on any atom is 0.262 e. The second-order valence-corrected chi connectivity index (χ2v) is 7.04. The fourth-order valence-electron chi connectivity index (χ4n) is 1.93. The first-order valence-corrected chi connectivity index (χ1v) is 7.20. The molecule has 0 radical (unpaired) electrons. The first kappa shape index (κ1) is 12.3. The van der Waals surface area contributed by atoms with Gasteiger partial charge in [0.25, 0.3) is 9.05 Å². The van der Waals surface area contributed by atoms with Crippen molar-refractivity contribution < 1.29 is 13.2 Å². The van der Waals surface area contributed by atoms with Crippen LogP contribution in [0.4, 0.5) is 5.82 Å². The maximum absolute atomic E-state index is 11.9. The summed E-state index contributed by atoms with van der Waals surface area (Å²) in [6, 6.07) is 1.41. The van der Waals surface area contributed by atoms with Crippen molar-refractivity contribution in [1.29, 1.82) is 0 Å². The van der Waals surface area contributed by atoms with Crippen LogP contribution in [0.15, 0.2) is 17.2 Å². The van der Waals surface area contributed by atoms with Crippen LogP contribution < -0.4 is 4.90 Å². The first-order chi connectivity index (χ1) is 7.65. The standard InChI is InChI=1S/C10H11ClN2O3S/c1-10(2)7-4-6(17(11,15)16)5-12-8(7)13(3)9(10)14/h4-5H,1-3H3. The molecular formula is C10H11ClN2O3S. The molecule has 0 N–H and O–H groups in total. The fourth-order valence-corrected chi connectivity index (χ4v) is 2.62. The summed E-state index contributed by atoms with van der Waals surface area (Å²) in [6.45, 7) is 3.45. The van der Waals surface area contributed by atoms with E-state index >= 15 is 0 Å². The van der Waals surface area contributed by atoms with E-state index in [-0.39, 0.29) is 10.8 Å². The molecule has 2 rings (SSSR count). The molecule has 0 fully saturated rings. The van der Waals surface area contributed by atoms with Gasteiger partial charge >= 0.3 is 0 Å². The predicted octanol–water partition coefficient (Wildman–Crippen LogP) is 1.26. The van der Waals surface area contributed by atoms with Crippen molar-refractivity contribution in [2.45, 2.75) is 24.2 Å². The number of hydrogen-bond donors (Lipinski definition) is 0. The van der Waals surface area contributed by atoms with E-state index in [0.717, 1.165) is 6.20 Å². The van der Waals surface area contributed by atoms with Gasteiger partial charge in [0.05, 0.1) is 5.41 Å². The van der Waals surface area contributed by atoms with Crippen LogP contribution >= 0.6 is 10.7 Å². The quantitative estimate of drug-likeness (QED) is 0.723. The number of pyridine rings is 1. The number of aromatic nitrogens is 1. The number of carbonyl (C=O) groups is 1. The Morgan fingerprint density at radius 2 is 2.00 bits per heavy atom. The van der Waals surface area contributed by atoms with Crippen LogP contribution in [0.25, 0.3) is 0 Å². The van der Waals surface area contributed by atoms with Crippen LogP contribution in [-0.4, -0.2) is 26.4 Å². The van der Waals surface area contributed by atoms with Crippen LogP contribution in [0.3, 0.4) is 0 Å².